The standard InChI is InChI=1S/C21H20F2N6O3/c1-11-3-5-12(6-4-11)14-7-13(9-31-14)18-25-15(32-27-18)8-29-10-24-19-16(21(29)30)28(2)20(26-19)17(22)23/h3-6,10,13-14,17H,7-9H2,1-2H3/t13-,14+/m0/s1. The van der Waals surface area contributed by atoms with E-state index in [9.17, 15) is 13.6 Å². The fourth-order valence-electron chi connectivity index (χ4n) is 3.91. The Bertz CT molecular complexity index is 1330. The lowest BCUT2D eigenvalue weighted by Crippen LogP contribution is -2.23. The van der Waals surface area contributed by atoms with E-state index in [-0.39, 0.29) is 35.6 Å². The molecular formula is C21H20F2N6O3. The first-order valence-electron chi connectivity index (χ1n) is 10.1. The number of aryl methyl sites for hydroxylation is 2. The third-order valence-electron chi connectivity index (χ3n) is 5.69. The summed E-state index contributed by atoms with van der Waals surface area (Å²) in [6.45, 7) is 2.48. The summed E-state index contributed by atoms with van der Waals surface area (Å²) in [4.78, 5) is 25.0. The molecule has 0 unspecified atom stereocenters. The summed E-state index contributed by atoms with van der Waals surface area (Å²) in [5.41, 5.74) is 1.74. The molecular weight excluding hydrogens is 422 g/mol. The summed E-state index contributed by atoms with van der Waals surface area (Å²) in [5, 5.41) is 4.05. The van der Waals surface area contributed by atoms with Crippen molar-refractivity contribution < 1.29 is 18.0 Å². The number of hydrogen-bond acceptors (Lipinski definition) is 7. The monoisotopic (exact) mass is 442 g/mol. The molecule has 32 heavy (non-hydrogen) atoms. The van der Waals surface area contributed by atoms with Gasteiger partial charge in [0.15, 0.2) is 22.8 Å². The molecule has 1 fully saturated rings. The molecule has 0 amide bonds. The fraction of sp³-hybridized carbons (Fsp3) is 0.381. The molecule has 1 saturated heterocycles. The highest BCUT2D eigenvalue weighted by Crippen LogP contribution is 2.37. The molecule has 5 rings (SSSR count). The van der Waals surface area contributed by atoms with E-state index in [1.165, 1.54) is 23.5 Å². The van der Waals surface area contributed by atoms with Crippen LogP contribution in [0.1, 0.15) is 53.5 Å². The molecule has 0 radical (unpaired) electrons. The third kappa shape index (κ3) is 3.58. The van der Waals surface area contributed by atoms with Gasteiger partial charge in [-0.25, -0.2) is 18.7 Å². The molecule has 3 aromatic heterocycles. The van der Waals surface area contributed by atoms with Crippen molar-refractivity contribution >= 4 is 11.2 Å². The summed E-state index contributed by atoms with van der Waals surface area (Å²) in [7, 11) is 1.36. The van der Waals surface area contributed by atoms with E-state index in [1.807, 2.05) is 19.1 Å². The van der Waals surface area contributed by atoms with Crippen molar-refractivity contribution in [3.05, 3.63) is 69.6 Å². The van der Waals surface area contributed by atoms with E-state index >= 15 is 0 Å². The number of nitrogens with zero attached hydrogens (tertiary/aromatic N) is 6. The molecule has 4 heterocycles. The highest BCUT2D eigenvalue weighted by Gasteiger charge is 2.31. The molecule has 0 N–H and O–H groups in total. The highest BCUT2D eigenvalue weighted by atomic mass is 19.3. The van der Waals surface area contributed by atoms with Gasteiger partial charge in [-0.3, -0.25) is 9.36 Å². The molecule has 0 spiro atoms. The van der Waals surface area contributed by atoms with Crippen LogP contribution in [0, 0.1) is 6.92 Å². The van der Waals surface area contributed by atoms with Crippen LogP contribution in [0.15, 0.2) is 39.9 Å². The van der Waals surface area contributed by atoms with Crippen LogP contribution in [0.25, 0.3) is 11.2 Å². The largest absolute Gasteiger partial charge is 0.373 e. The Morgan fingerprint density at radius 1 is 1.22 bits per heavy atom. The van der Waals surface area contributed by atoms with Crippen LogP contribution < -0.4 is 5.56 Å². The summed E-state index contributed by atoms with van der Waals surface area (Å²) in [5.74, 6) is 0.198. The normalized spacial score (nSPS) is 18.8. The van der Waals surface area contributed by atoms with Crippen LogP contribution in [-0.4, -0.2) is 35.8 Å². The minimum absolute atomic E-state index is 0.00679. The Morgan fingerprint density at radius 2 is 2.00 bits per heavy atom. The number of rotatable bonds is 5. The Kier molecular flexibility index (Phi) is 5.04. The number of fused-ring (bicyclic) bond motifs is 1. The fourth-order valence-corrected chi connectivity index (χ4v) is 3.91. The Labute approximate surface area is 180 Å². The zero-order valence-corrected chi connectivity index (χ0v) is 17.4. The van der Waals surface area contributed by atoms with Crippen LogP contribution in [0.4, 0.5) is 8.78 Å². The minimum Gasteiger partial charge on any atom is -0.373 e. The van der Waals surface area contributed by atoms with Gasteiger partial charge in [0.1, 0.15) is 12.9 Å². The van der Waals surface area contributed by atoms with E-state index in [0.29, 0.717) is 12.4 Å². The molecule has 1 aliphatic rings. The molecule has 0 bridgehead atoms. The number of ether oxygens (including phenoxy) is 1. The second-order valence-electron chi connectivity index (χ2n) is 7.89. The van der Waals surface area contributed by atoms with Gasteiger partial charge < -0.3 is 13.8 Å². The molecule has 166 valence electrons. The van der Waals surface area contributed by atoms with E-state index in [2.05, 4.69) is 32.2 Å². The first-order chi connectivity index (χ1) is 15.4. The van der Waals surface area contributed by atoms with Gasteiger partial charge >= 0.3 is 0 Å². The van der Waals surface area contributed by atoms with Crippen LogP contribution in [0.2, 0.25) is 0 Å². The van der Waals surface area contributed by atoms with Crippen LogP contribution in [0.3, 0.4) is 0 Å². The van der Waals surface area contributed by atoms with Crippen molar-refractivity contribution in [2.24, 2.45) is 7.05 Å². The molecule has 4 aromatic rings. The van der Waals surface area contributed by atoms with E-state index < -0.39 is 17.8 Å². The number of benzene rings is 1. The van der Waals surface area contributed by atoms with Gasteiger partial charge in [-0.1, -0.05) is 35.0 Å². The molecule has 0 saturated carbocycles. The number of alkyl halides is 2. The maximum absolute atomic E-state index is 13.1. The van der Waals surface area contributed by atoms with E-state index in [4.69, 9.17) is 9.26 Å². The summed E-state index contributed by atoms with van der Waals surface area (Å²) in [6, 6.07) is 8.20. The second kappa shape index (κ2) is 7.90. The topological polar surface area (TPSA) is 101 Å². The predicted molar refractivity (Wildman–Crippen MR) is 108 cm³/mol. The van der Waals surface area contributed by atoms with Crippen LogP contribution in [0.5, 0.6) is 0 Å². The van der Waals surface area contributed by atoms with Gasteiger partial charge in [-0.2, -0.15) is 4.98 Å². The summed E-state index contributed by atoms with van der Waals surface area (Å²) in [6.07, 6.45) is -0.882. The van der Waals surface area contributed by atoms with Gasteiger partial charge in [-0.05, 0) is 18.9 Å². The second-order valence-corrected chi connectivity index (χ2v) is 7.89. The highest BCUT2D eigenvalue weighted by molar-refractivity contribution is 5.70. The van der Waals surface area contributed by atoms with Crippen molar-refractivity contribution in [1.29, 1.82) is 0 Å². The van der Waals surface area contributed by atoms with Crippen molar-refractivity contribution in [3.63, 3.8) is 0 Å². The zero-order chi connectivity index (χ0) is 22.4. The lowest BCUT2D eigenvalue weighted by molar-refractivity contribution is 0.110. The third-order valence-corrected chi connectivity index (χ3v) is 5.69. The molecule has 2 atom stereocenters. The first kappa shape index (κ1) is 20.4. The van der Waals surface area contributed by atoms with Crippen molar-refractivity contribution in [2.75, 3.05) is 6.61 Å². The Morgan fingerprint density at radius 3 is 2.75 bits per heavy atom. The van der Waals surface area contributed by atoms with Crippen molar-refractivity contribution in [3.8, 4) is 0 Å². The van der Waals surface area contributed by atoms with E-state index in [0.717, 1.165) is 16.6 Å². The minimum atomic E-state index is -2.81. The molecule has 1 aromatic carbocycles. The van der Waals surface area contributed by atoms with Gasteiger partial charge in [0, 0.05) is 13.0 Å². The quantitative estimate of drug-likeness (QED) is 0.468. The maximum Gasteiger partial charge on any atom is 0.295 e. The smallest absolute Gasteiger partial charge is 0.295 e. The SMILES string of the molecule is Cc1ccc([C@H]2C[C@H](c3noc(Cn4cnc5nc(C(F)F)n(C)c5c4=O)n3)CO2)cc1. The van der Waals surface area contributed by atoms with Gasteiger partial charge in [0.05, 0.1) is 12.7 Å². The van der Waals surface area contributed by atoms with Crippen molar-refractivity contribution in [2.45, 2.75) is 38.3 Å². The van der Waals surface area contributed by atoms with Crippen molar-refractivity contribution in [1.82, 2.24) is 29.2 Å². The Hall–Kier alpha value is -3.47. The lowest BCUT2D eigenvalue weighted by Gasteiger charge is -2.09. The van der Waals surface area contributed by atoms with Gasteiger partial charge in [0.2, 0.25) is 5.89 Å². The van der Waals surface area contributed by atoms with Gasteiger partial charge in [-0.15, -0.1) is 0 Å². The summed E-state index contributed by atoms with van der Waals surface area (Å²) < 4.78 is 39.7. The van der Waals surface area contributed by atoms with E-state index in [1.54, 1.807) is 0 Å². The maximum atomic E-state index is 13.1. The number of hydrogen-bond donors (Lipinski definition) is 0. The first-order valence-corrected chi connectivity index (χ1v) is 10.1. The predicted octanol–water partition coefficient (Wildman–Crippen LogP) is 3.05. The van der Waals surface area contributed by atoms with Crippen LogP contribution in [-0.2, 0) is 18.3 Å². The van der Waals surface area contributed by atoms with Gasteiger partial charge in [0.25, 0.3) is 12.0 Å². The Balaban J connectivity index is 1.34. The number of halogens is 2. The summed E-state index contributed by atoms with van der Waals surface area (Å²) >= 11 is 0. The lowest BCUT2D eigenvalue weighted by atomic mass is 9.99. The molecule has 11 heteroatoms. The molecule has 9 nitrogen and oxygen atoms in total. The number of imidazole rings is 1. The average molecular weight is 442 g/mol. The molecule has 0 aliphatic carbocycles. The number of aromatic nitrogens is 6. The zero-order valence-electron chi connectivity index (χ0n) is 17.4. The van der Waals surface area contributed by atoms with Crippen LogP contribution >= 0.6 is 0 Å². The molecule has 1 aliphatic heterocycles. The average Bonchev–Trinajstić information content (AvgIpc) is 3.49.